The van der Waals surface area contributed by atoms with Crippen molar-refractivity contribution < 1.29 is 18.0 Å². The molecule has 0 unspecified atom stereocenters. The molecule has 4 nitrogen and oxygen atoms in total. The van der Waals surface area contributed by atoms with E-state index in [1.165, 1.54) is 19.2 Å². The van der Waals surface area contributed by atoms with Gasteiger partial charge in [0.2, 0.25) is 0 Å². The quantitative estimate of drug-likeness (QED) is 0.808. The number of pyridine rings is 1. The molecule has 0 bridgehead atoms. The maximum absolute atomic E-state index is 11.9. The van der Waals surface area contributed by atoms with Gasteiger partial charge in [-0.2, -0.15) is 13.2 Å². The molecule has 0 saturated carbocycles. The van der Waals surface area contributed by atoms with Crippen LogP contribution in [0.3, 0.4) is 0 Å². The molecule has 0 aromatic carbocycles. The van der Waals surface area contributed by atoms with Gasteiger partial charge in [0.05, 0.1) is 23.1 Å². The van der Waals surface area contributed by atoms with Crippen LogP contribution in [0.15, 0.2) is 12.3 Å². The molecule has 7 heteroatoms. The first-order valence-corrected chi connectivity index (χ1v) is 4.36. The van der Waals surface area contributed by atoms with Crippen molar-refractivity contribution in [3.63, 3.8) is 0 Å². The Labute approximate surface area is 89.7 Å². The SMILES string of the molecule is Cc1ncc(N)cc1C(=O)NCC(F)(F)F. The highest BCUT2D eigenvalue weighted by molar-refractivity contribution is 5.95. The molecule has 0 spiro atoms. The van der Waals surface area contributed by atoms with Gasteiger partial charge in [-0.05, 0) is 13.0 Å². The zero-order chi connectivity index (χ0) is 12.3. The summed E-state index contributed by atoms with van der Waals surface area (Å²) in [6, 6.07) is 1.29. The Balaban J connectivity index is 2.77. The van der Waals surface area contributed by atoms with Crippen molar-refractivity contribution in [3.05, 3.63) is 23.5 Å². The molecule has 16 heavy (non-hydrogen) atoms. The average Bonchev–Trinajstić information content (AvgIpc) is 2.17. The van der Waals surface area contributed by atoms with Crippen molar-refractivity contribution in [2.45, 2.75) is 13.1 Å². The molecule has 0 radical (unpaired) electrons. The van der Waals surface area contributed by atoms with Crippen molar-refractivity contribution in [1.29, 1.82) is 0 Å². The Morgan fingerprint density at radius 1 is 1.56 bits per heavy atom. The first-order valence-electron chi connectivity index (χ1n) is 4.36. The molecule has 1 amide bonds. The highest BCUT2D eigenvalue weighted by Crippen LogP contribution is 2.14. The number of nitrogens with zero attached hydrogens (tertiary/aromatic N) is 1. The summed E-state index contributed by atoms with van der Waals surface area (Å²) < 4.78 is 35.6. The van der Waals surface area contributed by atoms with Crippen LogP contribution in [0.2, 0.25) is 0 Å². The lowest BCUT2D eigenvalue weighted by molar-refractivity contribution is -0.123. The number of amides is 1. The van der Waals surface area contributed by atoms with E-state index < -0.39 is 18.6 Å². The largest absolute Gasteiger partial charge is 0.405 e. The predicted octanol–water partition coefficient (Wildman–Crippen LogP) is 1.26. The number of nitrogens with one attached hydrogen (secondary N) is 1. The van der Waals surface area contributed by atoms with Crippen molar-refractivity contribution in [2.24, 2.45) is 0 Å². The number of rotatable bonds is 2. The lowest BCUT2D eigenvalue weighted by Gasteiger charge is -2.09. The minimum absolute atomic E-state index is 0.0456. The van der Waals surface area contributed by atoms with Crippen molar-refractivity contribution >= 4 is 11.6 Å². The number of carbonyl (C=O) groups is 1. The molecule has 0 aliphatic heterocycles. The van der Waals surface area contributed by atoms with Crippen LogP contribution < -0.4 is 11.1 Å². The third-order valence-electron chi connectivity index (χ3n) is 1.80. The van der Waals surface area contributed by atoms with E-state index >= 15 is 0 Å². The molecule has 3 N–H and O–H groups in total. The number of nitrogen functional groups attached to an aromatic ring is 1. The fourth-order valence-electron chi connectivity index (χ4n) is 1.05. The van der Waals surface area contributed by atoms with Gasteiger partial charge in [0.25, 0.3) is 5.91 Å². The van der Waals surface area contributed by atoms with Crippen LogP contribution in [0.5, 0.6) is 0 Å². The van der Waals surface area contributed by atoms with E-state index in [-0.39, 0.29) is 11.3 Å². The standard InChI is InChI=1S/C9H10F3N3O/c1-5-7(2-6(13)3-14-5)8(16)15-4-9(10,11)12/h2-3H,4,13H2,1H3,(H,15,16). The molecule has 1 rings (SSSR count). The number of alkyl halides is 3. The molecule has 1 aromatic rings. The molecular formula is C9H10F3N3O. The first-order chi connectivity index (χ1) is 7.29. The minimum Gasteiger partial charge on any atom is -0.397 e. The zero-order valence-corrected chi connectivity index (χ0v) is 8.43. The second-order valence-electron chi connectivity index (χ2n) is 3.20. The number of nitrogens with two attached hydrogens (primary N) is 1. The maximum atomic E-state index is 11.9. The van der Waals surface area contributed by atoms with Crippen molar-refractivity contribution in [2.75, 3.05) is 12.3 Å². The number of carbonyl (C=O) groups excluding carboxylic acids is 1. The van der Waals surface area contributed by atoms with Crippen LogP contribution in [-0.4, -0.2) is 23.6 Å². The van der Waals surface area contributed by atoms with E-state index in [1.807, 2.05) is 0 Å². The summed E-state index contributed by atoms with van der Waals surface area (Å²) in [6.07, 6.45) is -3.10. The Bertz CT molecular complexity index is 403. The molecule has 0 aliphatic carbocycles. The summed E-state index contributed by atoms with van der Waals surface area (Å²) in [4.78, 5) is 15.1. The van der Waals surface area contributed by atoms with Crippen molar-refractivity contribution in [1.82, 2.24) is 10.3 Å². The van der Waals surface area contributed by atoms with Crippen LogP contribution in [-0.2, 0) is 0 Å². The number of aromatic nitrogens is 1. The van der Waals surface area contributed by atoms with Gasteiger partial charge in [-0.3, -0.25) is 9.78 Å². The van der Waals surface area contributed by atoms with E-state index in [2.05, 4.69) is 4.98 Å². The Morgan fingerprint density at radius 2 is 2.19 bits per heavy atom. The molecule has 88 valence electrons. The van der Waals surface area contributed by atoms with Crippen LogP contribution >= 0.6 is 0 Å². The van der Waals surface area contributed by atoms with E-state index in [9.17, 15) is 18.0 Å². The van der Waals surface area contributed by atoms with Gasteiger partial charge in [-0.25, -0.2) is 0 Å². The molecule has 0 saturated heterocycles. The van der Waals surface area contributed by atoms with Crippen LogP contribution in [0, 0.1) is 6.92 Å². The van der Waals surface area contributed by atoms with Crippen LogP contribution in [0.4, 0.5) is 18.9 Å². The minimum atomic E-state index is -4.43. The maximum Gasteiger partial charge on any atom is 0.405 e. The predicted molar refractivity (Wildman–Crippen MR) is 51.8 cm³/mol. The molecule has 0 aliphatic rings. The zero-order valence-electron chi connectivity index (χ0n) is 8.43. The first kappa shape index (κ1) is 12.3. The number of anilines is 1. The summed E-state index contributed by atoms with van der Waals surface area (Å²) in [6.45, 7) is 0.141. The lowest BCUT2D eigenvalue weighted by Crippen LogP contribution is -2.34. The van der Waals surface area contributed by atoms with Gasteiger partial charge in [0, 0.05) is 0 Å². The number of hydrogen-bond donors (Lipinski definition) is 2. The number of hydrogen-bond acceptors (Lipinski definition) is 3. The highest BCUT2D eigenvalue weighted by atomic mass is 19.4. The lowest BCUT2D eigenvalue weighted by atomic mass is 10.2. The van der Waals surface area contributed by atoms with Gasteiger partial charge in [0.1, 0.15) is 6.54 Å². The van der Waals surface area contributed by atoms with Crippen LogP contribution in [0.1, 0.15) is 16.1 Å². The van der Waals surface area contributed by atoms with E-state index in [1.54, 1.807) is 5.32 Å². The number of aryl methyl sites for hydroxylation is 1. The van der Waals surface area contributed by atoms with Crippen molar-refractivity contribution in [3.8, 4) is 0 Å². The summed E-state index contributed by atoms with van der Waals surface area (Å²) in [5.74, 6) is -0.838. The van der Waals surface area contributed by atoms with Gasteiger partial charge in [0.15, 0.2) is 0 Å². The van der Waals surface area contributed by atoms with Gasteiger partial charge >= 0.3 is 6.18 Å². The molecule has 1 aromatic heterocycles. The Kier molecular flexibility index (Phi) is 3.36. The van der Waals surface area contributed by atoms with E-state index in [4.69, 9.17) is 5.73 Å². The molecule has 1 heterocycles. The third-order valence-corrected chi connectivity index (χ3v) is 1.80. The fourth-order valence-corrected chi connectivity index (χ4v) is 1.05. The Morgan fingerprint density at radius 3 is 2.75 bits per heavy atom. The number of halogens is 3. The summed E-state index contributed by atoms with van der Waals surface area (Å²) in [7, 11) is 0. The average molecular weight is 233 g/mol. The molecule has 0 fully saturated rings. The molecular weight excluding hydrogens is 223 g/mol. The summed E-state index contributed by atoms with van der Waals surface area (Å²) in [5, 5.41) is 1.75. The summed E-state index contributed by atoms with van der Waals surface area (Å²) in [5.41, 5.74) is 5.98. The molecule has 0 atom stereocenters. The second-order valence-corrected chi connectivity index (χ2v) is 3.20. The fraction of sp³-hybridized carbons (Fsp3) is 0.333. The van der Waals surface area contributed by atoms with E-state index in [0.29, 0.717) is 5.69 Å². The topological polar surface area (TPSA) is 68.0 Å². The highest BCUT2D eigenvalue weighted by Gasteiger charge is 2.28. The normalized spacial score (nSPS) is 11.2. The third kappa shape index (κ3) is 3.41. The monoisotopic (exact) mass is 233 g/mol. The second kappa shape index (κ2) is 4.38. The van der Waals surface area contributed by atoms with Gasteiger partial charge in [-0.1, -0.05) is 0 Å². The van der Waals surface area contributed by atoms with Gasteiger partial charge < -0.3 is 11.1 Å². The summed E-state index contributed by atoms with van der Waals surface area (Å²) >= 11 is 0. The smallest absolute Gasteiger partial charge is 0.397 e. The Hall–Kier alpha value is -1.79. The van der Waals surface area contributed by atoms with Crippen LogP contribution in [0.25, 0.3) is 0 Å². The van der Waals surface area contributed by atoms with Gasteiger partial charge in [-0.15, -0.1) is 0 Å². The van der Waals surface area contributed by atoms with E-state index in [0.717, 1.165) is 0 Å².